The number of urea groups is 2. The van der Waals surface area contributed by atoms with E-state index in [1.54, 1.807) is 0 Å². The van der Waals surface area contributed by atoms with Crippen LogP contribution in [-0.4, -0.2) is 82.7 Å². The number of piperazine rings is 1. The Morgan fingerprint density at radius 1 is 1.33 bits per heavy atom. The second kappa shape index (κ2) is 7.43. The minimum atomic E-state index is -1.02. The third-order valence-corrected chi connectivity index (χ3v) is 4.89. The number of aryl methyl sites for hydroxylation is 2. The fraction of sp³-hybridized carbons (Fsp3) is 0.500. The molecule has 0 bridgehead atoms. The molecule has 2 fully saturated rings. The summed E-state index contributed by atoms with van der Waals surface area (Å²) in [5, 5.41) is 10.3. The molecule has 0 aromatic heterocycles. The van der Waals surface area contributed by atoms with Crippen molar-refractivity contribution >= 4 is 18.0 Å². The second-order valence-electron chi connectivity index (χ2n) is 6.96. The van der Waals surface area contributed by atoms with E-state index in [1.165, 1.54) is 9.80 Å². The highest BCUT2D eigenvalue weighted by Gasteiger charge is 2.48. The SMILES string of the molecule is Cc1ccc(C)c(OC[C@H](O)CN2C(=O)[C@H]3CN(C(N)=O)CCN3C2=O)c1. The van der Waals surface area contributed by atoms with Crippen LogP contribution in [0.15, 0.2) is 18.2 Å². The van der Waals surface area contributed by atoms with Gasteiger partial charge in [0.15, 0.2) is 0 Å². The van der Waals surface area contributed by atoms with Crippen LogP contribution in [0, 0.1) is 13.8 Å². The van der Waals surface area contributed by atoms with Crippen LogP contribution in [0.4, 0.5) is 9.59 Å². The van der Waals surface area contributed by atoms with Gasteiger partial charge in [-0.25, -0.2) is 9.59 Å². The quantitative estimate of drug-likeness (QED) is 0.706. The Labute approximate surface area is 157 Å². The Hall–Kier alpha value is -2.81. The minimum Gasteiger partial charge on any atom is -0.491 e. The van der Waals surface area contributed by atoms with Gasteiger partial charge in [-0.3, -0.25) is 9.69 Å². The van der Waals surface area contributed by atoms with Gasteiger partial charge in [0.2, 0.25) is 0 Å². The lowest BCUT2D eigenvalue weighted by Crippen LogP contribution is -2.55. The molecule has 27 heavy (non-hydrogen) atoms. The summed E-state index contributed by atoms with van der Waals surface area (Å²) in [5.74, 6) is 0.222. The van der Waals surface area contributed by atoms with Crippen molar-refractivity contribution in [3.05, 3.63) is 29.3 Å². The number of β-amino-alcohol motifs (C(OH)–C–C–N with tert-alkyl or cyclic N) is 1. The van der Waals surface area contributed by atoms with Crippen molar-refractivity contribution in [2.45, 2.75) is 26.0 Å². The van der Waals surface area contributed by atoms with E-state index >= 15 is 0 Å². The third-order valence-electron chi connectivity index (χ3n) is 4.89. The zero-order valence-corrected chi connectivity index (χ0v) is 15.4. The molecule has 3 N–H and O–H groups in total. The number of rotatable bonds is 5. The fourth-order valence-corrected chi connectivity index (χ4v) is 3.33. The molecular weight excluding hydrogens is 352 g/mol. The van der Waals surface area contributed by atoms with Crippen molar-refractivity contribution in [1.82, 2.24) is 14.7 Å². The molecule has 2 aliphatic heterocycles. The van der Waals surface area contributed by atoms with Crippen LogP contribution in [-0.2, 0) is 4.79 Å². The van der Waals surface area contributed by atoms with E-state index in [4.69, 9.17) is 10.5 Å². The highest BCUT2D eigenvalue weighted by atomic mass is 16.5. The van der Waals surface area contributed by atoms with Crippen molar-refractivity contribution in [2.75, 3.05) is 32.8 Å². The van der Waals surface area contributed by atoms with E-state index < -0.39 is 30.1 Å². The number of carbonyl (C=O) groups excluding carboxylic acids is 3. The number of amides is 5. The number of primary amides is 1. The molecule has 9 nitrogen and oxygen atoms in total. The van der Waals surface area contributed by atoms with Crippen molar-refractivity contribution in [3.63, 3.8) is 0 Å². The molecule has 3 rings (SSSR count). The fourth-order valence-electron chi connectivity index (χ4n) is 3.33. The van der Waals surface area contributed by atoms with Gasteiger partial charge in [-0.1, -0.05) is 12.1 Å². The first kappa shape index (κ1) is 19.0. The van der Waals surface area contributed by atoms with E-state index in [-0.39, 0.29) is 32.8 Å². The smallest absolute Gasteiger partial charge is 0.327 e. The summed E-state index contributed by atoms with van der Waals surface area (Å²) in [6.07, 6.45) is -1.02. The maximum absolute atomic E-state index is 12.6. The minimum absolute atomic E-state index is 0.0422. The monoisotopic (exact) mass is 376 g/mol. The number of aliphatic hydroxyl groups excluding tert-OH is 1. The lowest BCUT2D eigenvalue weighted by Gasteiger charge is -2.34. The number of hydrogen-bond donors (Lipinski definition) is 2. The number of imide groups is 1. The summed E-state index contributed by atoms with van der Waals surface area (Å²) in [5.41, 5.74) is 7.23. The number of nitrogens with zero attached hydrogens (tertiary/aromatic N) is 3. The van der Waals surface area contributed by atoms with Crippen LogP contribution in [0.2, 0.25) is 0 Å². The number of aliphatic hydroxyl groups is 1. The Kier molecular flexibility index (Phi) is 5.22. The first-order chi connectivity index (χ1) is 12.8. The van der Waals surface area contributed by atoms with Crippen LogP contribution in [0.3, 0.4) is 0 Å². The lowest BCUT2D eigenvalue weighted by atomic mass is 10.1. The van der Waals surface area contributed by atoms with E-state index in [0.29, 0.717) is 5.75 Å². The maximum Gasteiger partial charge on any atom is 0.327 e. The molecule has 9 heteroatoms. The average molecular weight is 376 g/mol. The Morgan fingerprint density at radius 3 is 2.78 bits per heavy atom. The van der Waals surface area contributed by atoms with Gasteiger partial charge in [-0.15, -0.1) is 0 Å². The summed E-state index contributed by atoms with van der Waals surface area (Å²) in [6.45, 7) is 4.24. The zero-order valence-electron chi connectivity index (χ0n) is 15.4. The predicted octanol–water partition coefficient (Wildman–Crippen LogP) is 0.0702. The van der Waals surface area contributed by atoms with Gasteiger partial charge in [-0.05, 0) is 31.0 Å². The van der Waals surface area contributed by atoms with Gasteiger partial charge in [0, 0.05) is 13.1 Å². The molecule has 0 aliphatic carbocycles. The third kappa shape index (κ3) is 3.82. The second-order valence-corrected chi connectivity index (χ2v) is 6.96. The standard InChI is InChI=1S/C18H24N4O5/c1-11-3-4-12(2)15(7-11)27-10-13(23)8-22-16(24)14-9-20(17(19)25)5-6-21(14)18(22)26/h3-4,7,13-14,23H,5-6,8-10H2,1-2H3,(H2,19,25)/t13-,14-/m1/s1. The van der Waals surface area contributed by atoms with Crippen molar-refractivity contribution in [3.8, 4) is 5.75 Å². The first-order valence-electron chi connectivity index (χ1n) is 8.82. The van der Waals surface area contributed by atoms with Crippen molar-refractivity contribution in [1.29, 1.82) is 0 Å². The Morgan fingerprint density at radius 2 is 2.07 bits per heavy atom. The molecule has 146 valence electrons. The largest absolute Gasteiger partial charge is 0.491 e. The molecule has 2 saturated heterocycles. The average Bonchev–Trinajstić information content (AvgIpc) is 2.87. The molecule has 2 aliphatic rings. The molecule has 1 aromatic rings. The van der Waals surface area contributed by atoms with Crippen LogP contribution >= 0.6 is 0 Å². The van der Waals surface area contributed by atoms with Crippen molar-refractivity contribution in [2.24, 2.45) is 5.73 Å². The maximum atomic E-state index is 12.6. The summed E-state index contributed by atoms with van der Waals surface area (Å²) < 4.78 is 5.65. The van der Waals surface area contributed by atoms with E-state index in [0.717, 1.165) is 16.0 Å². The van der Waals surface area contributed by atoms with Gasteiger partial charge in [0.05, 0.1) is 13.1 Å². The van der Waals surface area contributed by atoms with Crippen LogP contribution < -0.4 is 10.5 Å². The van der Waals surface area contributed by atoms with Gasteiger partial charge in [-0.2, -0.15) is 0 Å². The van der Waals surface area contributed by atoms with Gasteiger partial charge < -0.3 is 25.4 Å². The van der Waals surface area contributed by atoms with Crippen LogP contribution in [0.25, 0.3) is 0 Å². The topological polar surface area (TPSA) is 116 Å². The number of fused-ring (bicyclic) bond motifs is 1. The molecule has 2 heterocycles. The normalized spacial score (nSPS) is 20.7. The van der Waals surface area contributed by atoms with Gasteiger partial charge >= 0.3 is 12.1 Å². The molecule has 2 atom stereocenters. The summed E-state index contributed by atoms with van der Waals surface area (Å²) in [6, 6.07) is 3.94. The number of hydrogen-bond acceptors (Lipinski definition) is 5. The number of carbonyl (C=O) groups is 3. The zero-order chi connectivity index (χ0) is 19.7. The first-order valence-corrected chi connectivity index (χ1v) is 8.82. The molecule has 0 spiro atoms. The highest BCUT2D eigenvalue weighted by Crippen LogP contribution is 2.23. The van der Waals surface area contributed by atoms with Crippen molar-refractivity contribution < 1.29 is 24.2 Å². The predicted molar refractivity (Wildman–Crippen MR) is 96.2 cm³/mol. The van der Waals surface area contributed by atoms with Gasteiger partial charge in [0.25, 0.3) is 5.91 Å². The summed E-state index contributed by atoms with van der Waals surface area (Å²) >= 11 is 0. The Balaban J connectivity index is 1.60. The summed E-state index contributed by atoms with van der Waals surface area (Å²) in [7, 11) is 0. The van der Waals surface area contributed by atoms with E-state index in [9.17, 15) is 19.5 Å². The number of ether oxygens (including phenoxy) is 1. The number of nitrogens with two attached hydrogens (primary N) is 1. The molecular formula is C18H24N4O5. The highest BCUT2D eigenvalue weighted by molar-refractivity contribution is 6.04. The van der Waals surface area contributed by atoms with E-state index in [1.807, 2.05) is 32.0 Å². The molecule has 0 unspecified atom stereocenters. The Bertz CT molecular complexity index is 768. The molecule has 0 saturated carbocycles. The van der Waals surface area contributed by atoms with Crippen LogP contribution in [0.5, 0.6) is 5.75 Å². The van der Waals surface area contributed by atoms with Gasteiger partial charge in [0.1, 0.15) is 24.5 Å². The molecule has 5 amide bonds. The number of benzene rings is 1. The van der Waals surface area contributed by atoms with Crippen LogP contribution in [0.1, 0.15) is 11.1 Å². The van der Waals surface area contributed by atoms with E-state index in [2.05, 4.69) is 0 Å². The molecule has 1 aromatic carbocycles. The lowest BCUT2D eigenvalue weighted by molar-refractivity contribution is -0.130. The molecule has 0 radical (unpaired) electrons. The summed E-state index contributed by atoms with van der Waals surface area (Å²) in [4.78, 5) is 40.1.